The van der Waals surface area contributed by atoms with E-state index in [-0.39, 0.29) is 11.9 Å². The summed E-state index contributed by atoms with van der Waals surface area (Å²) in [6.45, 7) is 2.28. The lowest BCUT2D eigenvalue weighted by Crippen LogP contribution is -2.42. The topological polar surface area (TPSA) is 58.4 Å². The fourth-order valence-electron chi connectivity index (χ4n) is 1.38. The minimum Gasteiger partial charge on any atom is -0.353 e. The molecule has 0 aliphatic heterocycles. The minimum absolute atomic E-state index is 0.108. The SMILES string of the molecule is C[C@H](N)C(=O)NCC(c1cccs1)N(C)C. The number of carbonyl (C=O) groups excluding carboxylic acids is 1. The van der Waals surface area contributed by atoms with Crippen LogP contribution in [0.2, 0.25) is 0 Å². The molecule has 0 saturated heterocycles. The molecule has 0 aromatic carbocycles. The second-order valence-corrected chi connectivity index (χ2v) is 5.01. The fourth-order valence-corrected chi connectivity index (χ4v) is 2.30. The largest absolute Gasteiger partial charge is 0.353 e. The molecule has 0 bridgehead atoms. The van der Waals surface area contributed by atoms with E-state index >= 15 is 0 Å². The van der Waals surface area contributed by atoms with Crippen molar-refractivity contribution >= 4 is 17.2 Å². The van der Waals surface area contributed by atoms with E-state index in [4.69, 9.17) is 5.73 Å². The third-order valence-electron chi connectivity index (χ3n) is 2.38. The van der Waals surface area contributed by atoms with Crippen LogP contribution in [-0.4, -0.2) is 37.5 Å². The molecule has 1 amide bonds. The minimum atomic E-state index is -0.453. The summed E-state index contributed by atoms with van der Waals surface area (Å²) in [7, 11) is 4.00. The maximum absolute atomic E-state index is 11.4. The Bertz CT molecular complexity index is 322. The Morgan fingerprint density at radius 3 is 2.75 bits per heavy atom. The second-order valence-electron chi connectivity index (χ2n) is 4.03. The highest BCUT2D eigenvalue weighted by Gasteiger charge is 2.16. The second kappa shape index (κ2) is 5.98. The Morgan fingerprint density at radius 1 is 1.62 bits per heavy atom. The molecule has 1 rings (SSSR count). The zero-order valence-electron chi connectivity index (χ0n) is 9.93. The van der Waals surface area contributed by atoms with E-state index in [1.165, 1.54) is 4.88 Å². The van der Waals surface area contributed by atoms with Gasteiger partial charge in [0.05, 0.1) is 12.1 Å². The van der Waals surface area contributed by atoms with Crippen molar-refractivity contribution < 1.29 is 4.79 Å². The van der Waals surface area contributed by atoms with E-state index in [0.717, 1.165) is 0 Å². The summed E-state index contributed by atoms with van der Waals surface area (Å²) in [5.41, 5.74) is 5.49. The van der Waals surface area contributed by atoms with Crippen molar-refractivity contribution in [1.82, 2.24) is 10.2 Å². The van der Waals surface area contributed by atoms with Crippen LogP contribution in [0.3, 0.4) is 0 Å². The number of hydrogen-bond acceptors (Lipinski definition) is 4. The molecule has 90 valence electrons. The van der Waals surface area contributed by atoms with E-state index < -0.39 is 6.04 Å². The van der Waals surface area contributed by atoms with Crippen molar-refractivity contribution in [3.05, 3.63) is 22.4 Å². The molecule has 4 nitrogen and oxygen atoms in total. The van der Waals surface area contributed by atoms with Crippen molar-refractivity contribution in [2.75, 3.05) is 20.6 Å². The third-order valence-corrected chi connectivity index (χ3v) is 3.35. The standard InChI is InChI=1S/C11H19N3OS/c1-8(12)11(15)13-7-9(14(2)3)10-5-4-6-16-10/h4-6,8-9H,7,12H2,1-3H3,(H,13,15)/t8-,9?/m0/s1. The summed E-state index contributed by atoms with van der Waals surface area (Å²) >= 11 is 1.70. The molecular weight excluding hydrogens is 222 g/mol. The quantitative estimate of drug-likeness (QED) is 0.802. The van der Waals surface area contributed by atoms with Crippen molar-refractivity contribution in [3.8, 4) is 0 Å². The third kappa shape index (κ3) is 3.59. The van der Waals surface area contributed by atoms with E-state index in [1.807, 2.05) is 25.5 Å². The Kier molecular flexibility index (Phi) is 4.92. The lowest BCUT2D eigenvalue weighted by molar-refractivity contribution is -0.122. The van der Waals surface area contributed by atoms with Crippen LogP contribution >= 0.6 is 11.3 Å². The van der Waals surface area contributed by atoms with Gasteiger partial charge in [0.15, 0.2) is 0 Å². The highest BCUT2D eigenvalue weighted by molar-refractivity contribution is 7.10. The van der Waals surface area contributed by atoms with Gasteiger partial charge in [0, 0.05) is 11.4 Å². The van der Waals surface area contributed by atoms with Gasteiger partial charge < -0.3 is 16.0 Å². The number of likely N-dealkylation sites (N-methyl/N-ethyl adjacent to an activating group) is 1. The molecule has 1 aromatic heterocycles. The molecule has 0 aliphatic carbocycles. The molecular formula is C11H19N3OS. The predicted molar refractivity (Wildman–Crippen MR) is 67.4 cm³/mol. The van der Waals surface area contributed by atoms with E-state index in [1.54, 1.807) is 18.3 Å². The Labute approximate surface area is 100 Å². The van der Waals surface area contributed by atoms with Crippen LogP contribution in [-0.2, 0) is 4.79 Å². The number of nitrogens with zero attached hydrogens (tertiary/aromatic N) is 1. The van der Waals surface area contributed by atoms with Gasteiger partial charge in [-0.3, -0.25) is 4.79 Å². The average molecular weight is 241 g/mol. The fraction of sp³-hybridized carbons (Fsp3) is 0.545. The molecule has 1 unspecified atom stereocenters. The van der Waals surface area contributed by atoms with Gasteiger partial charge in [-0.05, 0) is 32.5 Å². The lowest BCUT2D eigenvalue weighted by atomic mass is 10.2. The van der Waals surface area contributed by atoms with E-state index in [9.17, 15) is 4.79 Å². The summed E-state index contributed by atoms with van der Waals surface area (Å²) in [6.07, 6.45) is 0. The molecule has 2 atom stereocenters. The summed E-state index contributed by atoms with van der Waals surface area (Å²) in [4.78, 5) is 14.7. The molecule has 0 fully saturated rings. The molecule has 0 aliphatic rings. The first kappa shape index (κ1) is 13.2. The van der Waals surface area contributed by atoms with Crippen LogP contribution < -0.4 is 11.1 Å². The van der Waals surface area contributed by atoms with Crippen molar-refractivity contribution in [1.29, 1.82) is 0 Å². The number of carbonyl (C=O) groups is 1. The monoisotopic (exact) mass is 241 g/mol. The number of amides is 1. The van der Waals surface area contributed by atoms with E-state index in [0.29, 0.717) is 6.54 Å². The van der Waals surface area contributed by atoms with Crippen LogP contribution in [0.15, 0.2) is 17.5 Å². The average Bonchev–Trinajstić information content (AvgIpc) is 2.70. The first-order valence-corrected chi connectivity index (χ1v) is 6.13. The molecule has 5 heteroatoms. The molecule has 0 spiro atoms. The molecule has 0 radical (unpaired) electrons. The first-order valence-electron chi connectivity index (χ1n) is 5.25. The van der Waals surface area contributed by atoms with Gasteiger partial charge in [0.25, 0.3) is 0 Å². The Hall–Kier alpha value is -0.910. The Balaban J connectivity index is 2.57. The number of nitrogens with one attached hydrogen (secondary N) is 1. The maximum Gasteiger partial charge on any atom is 0.236 e. The van der Waals surface area contributed by atoms with Gasteiger partial charge in [-0.25, -0.2) is 0 Å². The van der Waals surface area contributed by atoms with Crippen molar-refractivity contribution in [3.63, 3.8) is 0 Å². The zero-order chi connectivity index (χ0) is 12.1. The van der Waals surface area contributed by atoms with Crippen LogP contribution in [0.4, 0.5) is 0 Å². The van der Waals surface area contributed by atoms with Gasteiger partial charge >= 0.3 is 0 Å². The van der Waals surface area contributed by atoms with Crippen LogP contribution in [0.25, 0.3) is 0 Å². The van der Waals surface area contributed by atoms with Crippen LogP contribution in [0.1, 0.15) is 17.8 Å². The first-order chi connectivity index (χ1) is 7.52. The number of rotatable bonds is 5. The normalized spacial score (nSPS) is 14.8. The van der Waals surface area contributed by atoms with Gasteiger partial charge in [0.1, 0.15) is 0 Å². The highest BCUT2D eigenvalue weighted by Crippen LogP contribution is 2.22. The van der Waals surface area contributed by atoms with E-state index in [2.05, 4.69) is 16.3 Å². The van der Waals surface area contributed by atoms with Gasteiger partial charge in [-0.15, -0.1) is 11.3 Å². The highest BCUT2D eigenvalue weighted by atomic mass is 32.1. The molecule has 1 heterocycles. The molecule has 3 N–H and O–H groups in total. The van der Waals surface area contributed by atoms with Crippen LogP contribution in [0.5, 0.6) is 0 Å². The zero-order valence-corrected chi connectivity index (χ0v) is 10.8. The van der Waals surface area contributed by atoms with Gasteiger partial charge in [0.2, 0.25) is 5.91 Å². The Morgan fingerprint density at radius 2 is 2.31 bits per heavy atom. The molecule has 1 aromatic rings. The smallest absolute Gasteiger partial charge is 0.236 e. The lowest BCUT2D eigenvalue weighted by Gasteiger charge is -2.23. The summed E-state index contributed by atoms with van der Waals surface area (Å²) in [5.74, 6) is -0.108. The predicted octanol–water partition coefficient (Wildman–Crippen LogP) is 0.814. The molecule has 16 heavy (non-hydrogen) atoms. The summed E-state index contributed by atoms with van der Waals surface area (Å²) in [6, 6.07) is 3.85. The van der Waals surface area contributed by atoms with Crippen molar-refractivity contribution in [2.45, 2.75) is 19.0 Å². The maximum atomic E-state index is 11.4. The number of thiophene rings is 1. The van der Waals surface area contributed by atoms with Crippen molar-refractivity contribution in [2.24, 2.45) is 5.73 Å². The summed E-state index contributed by atoms with van der Waals surface area (Å²) in [5, 5.41) is 4.89. The summed E-state index contributed by atoms with van der Waals surface area (Å²) < 4.78 is 0. The van der Waals surface area contributed by atoms with Gasteiger partial charge in [-0.1, -0.05) is 6.07 Å². The molecule has 0 saturated carbocycles. The van der Waals surface area contributed by atoms with Crippen LogP contribution in [0, 0.1) is 0 Å². The van der Waals surface area contributed by atoms with Gasteiger partial charge in [-0.2, -0.15) is 0 Å². The number of nitrogens with two attached hydrogens (primary N) is 1. The number of hydrogen-bond donors (Lipinski definition) is 2.